The largest absolute Gasteiger partial charge is 0.386 e. The maximum atomic E-state index is 12.8. The van der Waals surface area contributed by atoms with Crippen LogP contribution in [0.4, 0.5) is 0 Å². The normalized spacial score (nSPS) is 17.8. The van der Waals surface area contributed by atoms with Crippen molar-refractivity contribution in [3.8, 4) is 0 Å². The van der Waals surface area contributed by atoms with Gasteiger partial charge in [0.25, 0.3) is 0 Å². The second-order valence-corrected chi connectivity index (χ2v) is 7.35. The van der Waals surface area contributed by atoms with Gasteiger partial charge in [0.1, 0.15) is 11.6 Å². The van der Waals surface area contributed by atoms with Crippen LogP contribution in [0.5, 0.6) is 0 Å². The number of nitrogens with zero attached hydrogens (tertiary/aromatic N) is 2. The second kappa shape index (κ2) is 8.31. The van der Waals surface area contributed by atoms with Crippen molar-refractivity contribution < 1.29 is 9.90 Å². The number of hydrogen-bond acceptors (Lipinski definition) is 5. The zero-order chi connectivity index (χ0) is 16.3. The molecule has 0 aromatic carbocycles. The number of nitrogens with one attached hydrogen (secondary N) is 2. The van der Waals surface area contributed by atoms with Crippen LogP contribution < -0.4 is 10.6 Å². The average molecular weight is 391 g/mol. The van der Waals surface area contributed by atoms with Gasteiger partial charge in [-0.3, -0.25) is 9.48 Å². The Morgan fingerprint density at radius 3 is 2.83 bits per heavy atom. The first-order valence-electron chi connectivity index (χ1n) is 7.54. The van der Waals surface area contributed by atoms with Crippen molar-refractivity contribution in [2.45, 2.75) is 24.5 Å². The molecule has 0 saturated carbocycles. The first-order chi connectivity index (χ1) is 11.1. The number of aliphatic hydroxyl groups excluding tert-OH is 1. The van der Waals surface area contributed by atoms with E-state index in [9.17, 15) is 9.90 Å². The van der Waals surface area contributed by atoms with Gasteiger partial charge < -0.3 is 15.7 Å². The molecule has 2 aromatic rings. The number of piperidine rings is 1. The van der Waals surface area contributed by atoms with Crippen LogP contribution in [0.1, 0.15) is 23.8 Å². The number of halogens is 2. The minimum Gasteiger partial charge on any atom is -0.386 e. The summed E-state index contributed by atoms with van der Waals surface area (Å²) in [5.41, 5.74) is -0.693. The van der Waals surface area contributed by atoms with E-state index < -0.39 is 11.6 Å². The van der Waals surface area contributed by atoms with Gasteiger partial charge in [-0.1, -0.05) is 11.6 Å². The van der Waals surface area contributed by atoms with E-state index in [0.717, 1.165) is 18.0 Å². The van der Waals surface area contributed by atoms with Crippen LogP contribution in [0.15, 0.2) is 30.6 Å². The van der Waals surface area contributed by atoms with E-state index in [4.69, 9.17) is 11.6 Å². The van der Waals surface area contributed by atoms with Crippen LogP contribution in [0, 0.1) is 0 Å². The molecule has 6 nitrogen and oxygen atoms in total. The molecule has 0 aliphatic carbocycles. The van der Waals surface area contributed by atoms with Crippen LogP contribution in [-0.4, -0.2) is 40.4 Å². The van der Waals surface area contributed by atoms with Crippen molar-refractivity contribution in [3.63, 3.8) is 0 Å². The summed E-state index contributed by atoms with van der Waals surface area (Å²) in [4.78, 5) is 13.6. The van der Waals surface area contributed by atoms with E-state index in [2.05, 4.69) is 15.7 Å². The molecule has 1 atom stereocenters. The second-order valence-electron chi connectivity index (χ2n) is 5.60. The van der Waals surface area contributed by atoms with Crippen LogP contribution in [0.25, 0.3) is 0 Å². The molecule has 1 fully saturated rings. The Balaban J connectivity index is 0.00000208. The van der Waals surface area contributed by atoms with E-state index in [1.165, 1.54) is 11.3 Å². The summed E-state index contributed by atoms with van der Waals surface area (Å²) in [5, 5.41) is 20.6. The Morgan fingerprint density at radius 2 is 2.25 bits per heavy atom. The SMILES string of the molecule is Cl.O=C(NCC(O)c1ccc(Cl)s1)C1(n2cccn2)CCNCC1. The summed E-state index contributed by atoms with van der Waals surface area (Å²) in [7, 11) is 0. The van der Waals surface area contributed by atoms with Gasteiger partial charge in [0.15, 0.2) is 0 Å². The lowest BCUT2D eigenvalue weighted by atomic mass is 9.87. The molecule has 3 N–H and O–H groups in total. The highest BCUT2D eigenvalue weighted by Crippen LogP contribution is 2.29. The molecular weight excluding hydrogens is 371 g/mol. The number of carbonyl (C=O) groups is 1. The molecule has 1 unspecified atom stereocenters. The Bertz CT molecular complexity index is 656. The molecule has 132 valence electrons. The Morgan fingerprint density at radius 1 is 1.50 bits per heavy atom. The average Bonchev–Trinajstić information content (AvgIpc) is 3.24. The molecule has 3 rings (SSSR count). The fourth-order valence-corrected chi connectivity index (χ4v) is 3.93. The van der Waals surface area contributed by atoms with Crippen molar-refractivity contribution in [1.82, 2.24) is 20.4 Å². The highest BCUT2D eigenvalue weighted by Gasteiger charge is 2.41. The highest BCUT2D eigenvalue weighted by molar-refractivity contribution is 7.16. The zero-order valence-corrected chi connectivity index (χ0v) is 15.3. The predicted octanol–water partition coefficient (Wildman–Crippen LogP) is 1.95. The lowest BCUT2D eigenvalue weighted by Gasteiger charge is -2.36. The lowest BCUT2D eigenvalue weighted by Crippen LogP contribution is -2.55. The maximum Gasteiger partial charge on any atom is 0.248 e. The van der Waals surface area contributed by atoms with Crippen LogP contribution >= 0.6 is 35.3 Å². The fraction of sp³-hybridized carbons (Fsp3) is 0.467. The number of carbonyl (C=O) groups excluding carboxylic acids is 1. The van der Waals surface area contributed by atoms with Crippen LogP contribution in [-0.2, 0) is 10.3 Å². The Labute approximate surface area is 155 Å². The van der Waals surface area contributed by atoms with Crippen molar-refractivity contribution in [1.29, 1.82) is 0 Å². The molecule has 1 amide bonds. The third kappa shape index (κ3) is 3.92. The first kappa shape index (κ1) is 19.2. The number of rotatable bonds is 5. The van der Waals surface area contributed by atoms with Gasteiger partial charge in [-0.25, -0.2) is 0 Å². The van der Waals surface area contributed by atoms with E-state index in [-0.39, 0.29) is 24.9 Å². The number of amides is 1. The topological polar surface area (TPSA) is 79.2 Å². The Kier molecular flexibility index (Phi) is 6.65. The molecule has 2 aromatic heterocycles. The number of thiophene rings is 1. The number of hydrogen-bond donors (Lipinski definition) is 3. The van der Waals surface area contributed by atoms with Gasteiger partial charge in [-0.05, 0) is 44.1 Å². The van der Waals surface area contributed by atoms with Crippen molar-refractivity contribution >= 4 is 41.3 Å². The summed E-state index contributed by atoms with van der Waals surface area (Å²) >= 11 is 7.20. The third-order valence-electron chi connectivity index (χ3n) is 4.17. The van der Waals surface area contributed by atoms with Gasteiger partial charge in [0.2, 0.25) is 5.91 Å². The molecule has 24 heavy (non-hydrogen) atoms. The number of aliphatic hydroxyl groups is 1. The van der Waals surface area contributed by atoms with Crippen molar-refractivity contribution in [2.24, 2.45) is 0 Å². The first-order valence-corrected chi connectivity index (χ1v) is 8.74. The minimum atomic E-state index is -0.757. The smallest absolute Gasteiger partial charge is 0.248 e. The monoisotopic (exact) mass is 390 g/mol. The van der Waals surface area contributed by atoms with Crippen molar-refractivity contribution in [3.05, 3.63) is 39.8 Å². The molecule has 1 aliphatic rings. The molecule has 0 spiro atoms. The van der Waals surface area contributed by atoms with Crippen LogP contribution in [0.2, 0.25) is 4.34 Å². The minimum absolute atomic E-state index is 0. The molecule has 0 bridgehead atoms. The van der Waals surface area contributed by atoms with E-state index in [1.54, 1.807) is 23.0 Å². The van der Waals surface area contributed by atoms with Gasteiger partial charge >= 0.3 is 0 Å². The van der Waals surface area contributed by atoms with Gasteiger partial charge in [-0.2, -0.15) is 5.10 Å². The predicted molar refractivity (Wildman–Crippen MR) is 96.9 cm³/mol. The summed E-state index contributed by atoms with van der Waals surface area (Å²) in [6, 6.07) is 5.34. The van der Waals surface area contributed by atoms with E-state index in [1.807, 2.05) is 12.3 Å². The molecule has 3 heterocycles. The van der Waals surface area contributed by atoms with Gasteiger partial charge in [0.05, 0.1) is 4.34 Å². The van der Waals surface area contributed by atoms with E-state index in [0.29, 0.717) is 17.2 Å². The summed E-state index contributed by atoms with van der Waals surface area (Å²) < 4.78 is 2.36. The summed E-state index contributed by atoms with van der Waals surface area (Å²) in [5.74, 6) is -0.107. The molecular formula is C15H20Cl2N4O2S. The fourth-order valence-electron chi connectivity index (χ4n) is 2.88. The highest BCUT2D eigenvalue weighted by atomic mass is 35.5. The summed E-state index contributed by atoms with van der Waals surface area (Å²) in [6.45, 7) is 1.68. The third-order valence-corrected chi connectivity index (χ3v) is 5.51. The quantitative estimate of drug-likeness (QED) is 0.728. The maximum absolute atomic E-state index is 12.8. The Hall–Kier alpha value is -1.12. The standard InChI is InChI=1S/C15H19ClN4O2S.ClH/c16-13-3-2-12(23-13)11(21)10-18-14(22)15(4-7-17-8-5-15)20-9-1-6-19-20;/h1-3,6,9,11,17,21H,4-5,7-8,10H2,(H,18,22);1H. The molecule has 0 radical (unpaired) electrons. The lowest BCUT2D eigenvalue weighted by molar-refractivity contribution is -0.132. The zero-order valence-electron chi connectivity index (χ0n) is 12.9. The molecule has 9 heteroatoms. The van der Waals surface area contributed by atoms with Crippen molar-refractivity contribution in [2.75, 3.05) is 19.6 Å². The van der Waals surface area contributed by atoms with Gasteiger partial charge in [0, 0.05) is 23.8 Å². The van der Waals surface area contributed by atoms with Gasteiger partial charge in [-0.15, -0.1) is 23.7 Å². The van der Waals surface area contributed by atoms with E-state index >= 15 is 0 Å². The molecule has 1 aliphatic heterocycles. The molecule has 1 saturated heterocycles. The summed E-state index contributed by atoms with van der Waals surface area (Å²) in [6.07, 6.45) is 4.08. The van der Waals surface area contributed by atoms with Crippen LogP contribution in [0.3, 0.4) is 0 Å². The number of aromatic nitrogens is 2.